The number of thiocarbonyl (C=S) groups is 1. The van der Waals surface area contributed by atoms with Crippen LogP contribution in [0.5, 0.6) is 11.5 Å². The number of hydrogen-bond acceptors (Lipinski definition) is 4. The molecule has 0 saturated heterocycles. The van der Waals surface area contributed by atoms with E-state index in [1.807, 2.05) is 0 Å². The van der Waals surface area contributed by atoms with Crippen molar-refractivity contribution in [3.05, 3.63) is 35.9 Å². The van der Waals surface area contributed by atoms with Gasteiger partial charge in [-0.05, 0) is 24.1 Å². The Kier molecular flexibility index (Phi) is 5.12. The molecule has 0 radical (unpaired) electrons. The minimum Gasteiger partial charge on any atom is -0.504 e. The summed E-state index contributed by atoms with van der Waals surface area (Å²) < 4.78 is 5.09. The third-order valence-electron chi connectivity index (χ3n) is 2.37. The zero-order valence-electron chi connectivity index (χ0n) is 9.77. The molecular formula is C13H16O3S. The Morgan fingerprint density at radius 3 is 2.76 bits per heavy atom. The van der Waals surface area contributed by atoms with E-state index >= 15 is 0 Å². The van der Waals surface area contributed by atoms with Gasteiger partial charge in [-0.2, -0.15) is 0 Å². The highest BCUT2D eigenvalue weighted by Crippen LogP contribution is 2.32. The Hall–Kier alpha value is -1.39. The summed E-state index contributed by atoms with van der Waals surface area (Å²) in [6.45, 7) is 3.63. The van der Waals surface area contributed by atoms with Gasteiger partial charge >= 0.3 is 0 Å². The van der Waals surface area contributed by atoms with E-state index in [4.69, 9.17) is 22.1 Å². The molecule has 0 aliphatic carbocycles. The average molecular weight is 252 g/mol. The lowest BCUT2D eigenvalue weighted by atomic mass is 10.0. The number of hydrogen-bond donors (Lipinski definition) is 2. The van der Waals surface area contributed by atoms with Gasteiger partial charge in [-0.3, -0.25) is 0 Å². The first-order chi connectivity index (χ1) is 8.13. The maximum absolute atomic E-state index is 9.96. The number of aliphatic hydroxyl groups is 1. The molecule has 0 aliphatic rings. The first kappa shape index (κ1) is 13.7. The van der Waals surface area contributed by atoms with Crippen LogP contribution >= 0.6 is 12.2 Å². The van der Waals surface area contributed by atoms with Crippen LogP contribution < -0.4 is 4.74 Å². The first-order valence-electron chi connectivity index (χ1n) is 5.28. The fourth-order valence-electron chi connectivity index (χ4n) is 1.55. The van der Waals surface area contributed by atoms with Gasteiger partial charge in [0.25, 0.3) is 0 Å². The lowest BCUT2D eigenvalue weighted by molar-refractivity contribution is 0.307. The number of aliphatic hydroxyl groups excluding tert-OH is 1. The second kappa shape index (κ2) is 6.37. The van der Waals surface area contributed by atoms with Gasteiger partial charge in [0.1, 0.15) is 0 Å². The number of ether oxygens (including phenoxy) is 1. The van der Waals surface area contributed by atoms with E-state index in [9.17, 15) is 5.11 Å². The third-order valence-corrected chi connectivity index (χ3v) is 2.80. The summed E-state index contributed by atoms with van der Waals surface area (Å²) in [6.07, 6.45) is 2.79. The van der Waals surface area contributed by atoms with Crippen molar-refractivity contribution in [2.24, 2.45) is 0 Å². The number of benzene rings is 1. The predicted octanol–water partition coefficient (Wildman–Crippen LogP) is 2.23. The van der Waals surface area contributed by atoms with E-state index in [-0.39, 0.29) is 12.4 Å². The molecule has 1 aromatic carbocycles. The minimum absolute atomic E-state index is 0.0266. The Morgan fingerprint density at radius 2 is 2.24 bits per heavy atom. The van der Waals surface area contributed by atoms with Crippen LogP contribution in [0.2, 0.25) is 0 Å². The summed E-state index contributed by atoms with van der Waals surface area (Å²) in [5, 5.41) is 18.8. The zero-order chi connectivity index (χ0) is 12.8. The van der Waals surface area contributed by atoms with Gasteiger partial charge < -0.3 is 14.9 Å². The van der Waals surface area contributed by atoms with Crippen LogP contribution in [0.4, 0.5) is 0 Å². The van der Waals surface area contributed by atoms with Gasteiger partial charge in [-0.15, -0.1) is 6.58 Å². The zero-order valence-corrected chi connectivity index (χ0v) is 10.6. The molecule has 0 fully saturated rings. The lowest BCUT2D eigenvalue weighted by Gasteiger charge is -2.12. The summed E-state index contributed by atoms with van der Waals surface area (Å²) >= 11 is 5.16. The minimum atomic E-state index is -0.0354. The molecule has 17 heavy (non-hydrogen) atoms. The van der Waals surface area contributed by atoms with Crippen molar-refractivity contribution in [3.8, 4) is 11.5 Å². The topological polar surface area (TPSA) is 49.7 Å². The highest BCUT2D eigenvalue weighted by molar-refractivity contribution is 7.80. The first-order valence-corrected chi connectivity index (χ1v) is 5.69. The molecule has 2 N–H and O–H groups in total. The predicted molar refractivity (Wildman–Crippen MR) is 72.0 cm³/mol. The van der Waals surface area contributed by atoms with Crippen molar-refractivity contribution in [2.45, 2.75) is 12.8 Å². The van der Waals surface area contributed by atoms with Crippen LogP contribution in [0, 0.1) is 0 Å². The molecule has 0 spiro atoms. The lowest BCUT2D eigenvalue weighted by Crippen LogP contribution is -2.03. The number of rotatable bonds is 6. The fraction of sp³-hybridized carbons (Fsp3) is 0.308. The second-order valence-corrected chi connectivity index (χ2v) is 4.08. The van der Waals surface area contributed by atoms with Crippen LogP contribution in [-0.4, -0.2) is 28.8 Å². The Bertz CT molecular complexity index is 427. The van der Waals surface area contributed by atoms with Crippen molar-refractivity contribution < 1.29 is 14.9 Å². The number of allylic oxidation sites excluding steroid dienone is 1. The molecule has 1 rings (SSSR count). The van der Waals surface area contributed by atoms with E-state index in [0.717, 1.165) is 5.56 Å². The molecule has 0 aromatic heterocycles. The maximum Gasteiger partial charge on any atom is 0.166 e. The van der Waals surface area contributed by atoms with Crippen molar-refractivity contribution in [3.63, 3.8) is 0 Å². The van der Waals surface area contributed by atoms with Crippen LogP contribution in [0.25, 0.3) is 0 Å². The molecule has 0 heterocycles. The third kappa shape index (κ3) is 3.28. The molecule has 4 heteroatoms. The van der Waals surface area contributed by atoms with Crippen LogP contribution in [0.15, 0.2) is 24.8 Å². The molecule has 0 bridgehead atoms. The van der Waals surface area contributed by atoms with Gasteiger partial charge in [0.05, 0.1) is 7.11 Å². The van der Waals surface area contributed by atoms with E-state index in [1.165, 1.54) is 7.11 Å². The van der Waals surface area contributed by atoms with Crippen LogP contribution in [0.3, 0.4) is 0 Å². The quantitative estimate of drug-likeness (QED) is 0.463. The molecule has 1 aromatic rings. The summed E-state index contributed by atoms with van der Waals surface area (Å²) in [7, 11) is 1.49. The average Bonchev–Trinajstić information content (AvgIpc) is 2.31. The number of phenolic OH excluding ortho intramolecular Hbond substituents is 1. The van der Waals surface area contributed by atoms with Gasteiger partial charge in [0, 0.05) is 23.5 Å². The summed E-state index contributed by atoms with van der Waals surface area (Å²) in [4.78, 5) is 0.522. The second-order valence-electron chi connectivity index (χ2n) is 3.58. The smallest absolute Gasteiger partial charge is 0.166 e. The molecule has 3 nitrogen and oxygen atoms in total. The fourth-order valence-corrected chi connectivity index (χ4v) is 1.80. The Balaban J connectivity index is 3.21. The van der Waals surface area contributed by atoms with Gasteiger partial charge in [-0.1, -0.05) is 18.3 Å². The standard InChI is InChI=1S/C13H16O3S/c1-3-4-9-7-10(12(17)5-6-14)13(15)11(8-9)16-2/h3,7-8,14-15H,1,4-6H2,2H3. The monoisotopic (exact) mass is 252 g/mol. The SMILES string of the molecule is C=CCc1cc(OC)c(O)c(C(=S)CCO)c1. The molecule has 0 saturated carbocycles. The van der Waals surface area contributed by atoms with Gasteiger partial charge in [0.15, 0.2) is 11.5 Å². The van der Waals surface area contributed by atoms with Crippen molar-refractivity contribution in [1.29, 1.82) is 0 Å². The van der Waals surface area contributed by atoms with E-state index in [1.54, 1.807) is 18.2 Å². The normalized spacial score (nSPS) is 10.0. The Morgan fingerprint density at radius 1 is 1.53 bits per heavy atom. The van der Waals surface area contributed by atoms with Gasteiger partial charge in [-0.25, -0.2) is 0 Å². The van der Waals surface area contributed by atoms with E-state index < -0.39 is 0 Å². The number of phenols is 1. The van der Waals surface area contributed by atoms with Crippen molar-refractivity contribution in [1.82, 2.24) is 0 Å². The molecule has 0 aliphatic heterocycles. The van der Waals surface area contributed by atoms with E-state index in [2.05, 4.69) is 6.58 Å². The molecule has 0 atom stereocenters. The van der Waals surface area contributed by atoms with Crippen molar-refractivity contribution >= 4 is 17.1 Å². The van der Waals surface area contributed by atoms with Crippen LogP contribution in [0.1, 0.15) is 17.5 Å². The molecular weight excluding hydrogens is 236 g/mol. The summed E-state index contributed by atoms with van der Waals surface area (Å²) in [6, 6.07) is 3.56. The summed E-state index contributed by atoms with van der Waals surface area (Å²) in [5.74, 6) is 0.415. The highest BCUT2D eigenvalue weighted by Gasteiger charge is 2.13. The Labute approximate surface area is 106 Å². The highest BCUT2D eigenvalue weighted by atomic mass is 32.1. The largest absolute Gasteiger partial charge is 0.504 e. The summed E-state index contributed by atoms with van der Waals surface area (Å²) in [5.41, 5.74) is 1.51. The molecule has 0 amide bonds. The number of aromatic hydroxyl groups is 1. The van der Waals surface area contributed by atoms with Gasteiger partial charge in [0.2, 0.25) is 0 Å². The molecule has 0 unspecified atom stereocenters. The van der Waals surface area contributed by atoms with Crippen molar-refractivity contribution in [2.75, 3.05) is 13.7 Å². The van der Waals surface area contributed by atoms with Crippen LogP contribution in [-0.2, 0) is 6.42 Å². The van der Waals surface area contributed by atoms with E-state index in [0.29, 0.717) is 29.0 Å². The number of methoxy groups -OCH3 is 1. The molecule has 92 valence electrons. The maximum atomic E-state index is 9.96.